The fourth-order valence-electron chi connectivity index (χ4n) is 0.730. The van der Waals surface area contributed by atoms with Crippen molar-refractivity contribution in [1.29, 1.82) is 5.41 Å². The maximum Gasteiger partial charge on any atom is 0.314 e. The van der Waals surface area contributed by atoms with E-state index in [4.69, 9.17) is 10.1 Å². The number of rotatable bonds is 3. The molecular formula is C9H17NO2. The molecule has 0 aromatic carbocycles. The highest BCUT2D eigenvalue weighted by molar-refractivity contribution is 5.88. The van der Waals surface area contributed by atoms with E-state index in [1.807, 2.05) is 27.7 Å². The molecule has 0 fully saturated rings. The van der Waals surface area contributed by atoms with Crippen molar-refractivity contribution in [3.8, 4) is 0 Å². The summed E-state index contributed by atoms with van der Waals surface area (Å²) in [6.45, 7) is 7.32. The number of hydrogen-bond donors (Lipinski definition) is 1. The lowest BCUT2D eigenvalue weighted by Gasteiger charge is -2.21. The van der Waals surface area contributed by atoms with E-state index in [0.717, 1.165) is 6.21 Å². The van der Waals surface area contributed by atoms with Crippen LogP contribution in [0.4, 0.5) is 0 Å². The maximum atomic E-state index is 11.2. The number of ether oxygens (including phenoxy) is 1. The molecule has 0 aliphatic heterocycles. The Bertz CT molecular complexity index is 170. The van der Waals surface area contributed by atoms with Gasteiger partial charge in [0, 0.05) is 6.21 Å². The average molecular weight is 171 g/mol. The van der Waals surface area contributed by atoms with Gasteiger partial charge >= 0.3 is 5.97 Å². The van der Waals surface area contributed by atoms with Gasteiger partial charge in [-0.1, -0.05) is 6.92 Å². The van der Waals surface area contributed by atoms with Gasteiger partial charge in [0.05, 0.1) is 5.92 Å². The third-order valence-electron chi connectivity index (χ3n) is 1.35. The minimum atomic E-state index is -0.451. The van der Waals surface area contributed by atoms with Crippen molar-refractivity contribution < 1.29 is 9.53 Å². The lowest BCUT2D eigenvalue weighted by atomic mass is 10.1. The molecule has 0 radical (unpaired) electrons. The van der Waals surface area contributed by atoms with Crippen molar-refractivity contribution in [3.63, 3.8) is 0 Å². The Labute approximate surface area is 73.6 Å². The summed E-state index contributed by atoms with van der Waals surface area (Å²) in [5.74, 6) is -0.691. The van der Waals surface area contributed by atoms with Crippen molar-refractivity contribution in [1.82, 2.24) is 0 Å². The molecule has 0 aliphatic carbocycles. The summed E-state index contributed by atoms with van der Waals surface area (Å²) >= 11 is 0. The molecule has 1 atom stereocenters. The standard InChI is InChI=1S/C9H17NO2/c1-5-7(6-10)8(11)12-9(2,3)4/h6-7,10H,5H2,1-4H3/t7-/m1/s1. The number of nitrogens with one attached hydrogen (secondary N) is 1. The van der Waals surface area contributed by atoms with Gasteiger partial charge in [-0.3, -0.25) is 4.79 Å². The van der Waals surface area contributed by atoms with E-state index in [1.54, 1.807) is 0 Å². The molecule has 1 N–H and O–H groups in total. The van der Waals surface area contributed by atoms with Crippen LogP contribution >= 0.6 is 0 Å². The van der Waals surface area contributed by atoms with Crippen LogP contribution in [0.2, 0.25) is 0 Å². The van der Waals surface area contributed by atoms with Crippen molar-refractivity contribution in [2.45, 2.75) is 39.7 Å². The molecule has 0 spiro atoms. The Balaban J connectivity index is 4.11. The molecule has 0 amide bonds. The lowest BCUT2D eigenvalue weighted by Crippen LogP contribution is -2.29. The van der Waals surface area contributed by atoms with Crippen LogP contribution in [0.3, 0.4) is 0 Å². The van der Waals surface area contributed by atoms with Gasteiger partial charge in [0.25, 0.3) is 0 Å². The van der Waals surface area contributed by atoms with Crippen LogP contribution in [0, 0.1) is 11.3 Å². The van der Waals surface area contributed by atoms with Gasteiger partial charge in [0.15, 0.2) is 0 Å². The van der Waals surface area contributed by atoms with Crippen LogP contribution in [0.1, 0.15) is 34.1 Å². The lowest BCUT2D eigenvalue weighted by molar-refractivity contribution is -0.157. The van der Waals surface area contributed by atoms with Crippen molar-refractivity contribution in [2.24, 2.45) is 5.92 Å². The summed E-state index contributed by atoms with van der Waals surface area (Å²) in [6, 6.07) is 0. The highest BCUT2D eigenvalue weighted by Crippen LogP contribution is 2.11. The monoisotopic (exact) mass is 171 g/mol. The summed E-state index contributed by atoms with van der Waals surface area (Å²) in [4.78, 5) is 11.2. The van der Waals surface area contributed by atoms with E-state index in [2.05, 4.69) is 0 Å². The van der Waals surface area contributed by atoms with E-state index in [1.165, 1.54) is 0 Å². The topological polar surface area (TPSA) is 50.2 Å². The molecular weight excluding hydrogens is 154 g/mol. The molecule has 0 unspecified atom stereocenters. The third kappa shape index (κ3) is 4.11. The highest BCUT2D eigenvalue weighted by Gasteiger charge is 2.21. The molecule has 0 aliphatic rings. The predicted octanol–water partition coefficient (Wildman–Crippen LogP) is 2.00. The second-order valence-corrected chi connectivity index (χ2v) is 3.71. The second-order valence-electron chi connectivity index (χ2n) is 3.71. The molecule has 0 saturated heterocycles. The van der Waals surface area contributed by atoms with E-state index < -0.39 is 5.60 Å². The van der Waals surface area contributed by atoms with Gasteiger partial charge in [0.2, 0.25) is 0 Å². The fraction of sp³-hybridized carbons (Fsp3) is 0.778. The molecule has 0 heterocycles. The number of carbonyl (C=O) groups excluding carboxylic acids is 1. The number of carbonyl (C=O) groups is 1. The first-order valence-corrected chi connectivity index (χ1v) is 4.14. The molecule has 0 aromatic rings. The van der Waals surface area contributed by atoms with Gasteiger partial charge in [-0.05, 0) is 27.2 Å². The van der Waals surface area contributed by atoms with Crippen LogP contribution in [-0.2, 0) is 9.53 Å². The quantitative estimate of drug-likeness (QED) is 0.521. The average Bonchev–Trinajstić information content (AvgIpc) is 1.85. The summed E-state index contributed by atoms with van der Waals surface area (Å²) in [5.41, 5.74) is -0.451. The number of esters is 1. The molecule has 0 aromatic heterocycles. The molecule has 12 heavy (non-hydrogen) atoms. The van der Waals surface area contributed by atoms with Crippen LogP contribution in [0.25, 0.3) is 0 Å². The molecule has 3 heteroatoms. The molecule has 3 nitrogen and oxygen atoms in total. The largest absolute Gasteiger partial charge is 0.459 e. The predicted molar refractivity (Wildman–Crippen MR) is 48.4 cm³/mol. The van der Waals surface area contributed by atoms with Crippen molar-refractivity contribution >= 4 is 12.2 Å². The van der Waals surface area contributed by atoms with Crippen LogP contribution in [0.15, 0.2) is 0 Å². The molecule has 70 valence electrons. The Morgan fingerprint density at radius 3 is 2.33 bits per heavy atom. The zero-order valence-corrected chi connectivity index (χ0v) is 8.18. The zero-order valence-electron chi connectivity index (χ0n) is 8.18. The second kappa shape index (κ2) is 4.24. The summed E-state index contributed by atoms with van der Waals surface area (Å²) in [6.07, 6.45) is 1.76. The molecule has 0 rings (SSSR count). The number of hydrogen-bond acceptors (Lipinski definition) is 3. The highest BCUT2D eigenvalue weighted by atomic mass is 16.6. The Morgan fingerprint density at radius 2 is 2.08 bits per heavy atom. The first-order valence-electron chi connectivity index (χ1n) is 4.14. The SMILES string of the molecule is CC[C@H](C=N)C(=O)OC(C)(C)C. The van der Waals surface area contributed by atoms with Gasteiger partial charge in [-0.25, -0.2) is 0 Å². The first kappa shape index (κ1) is 11.1. The molecule has 0 bridgehead atoms. The summed E-state index contributed by atoms with van der Waals surface area (Å²) in [7, 11) is 0. The maximum absolute atomic E-state index is 11.2. The molecule has 0 saturated carbocycles. The van der Waals surface area contributed by atoms with Gasteiger partial charge < -0.3 is 10.1 Å². The fourth-order valence-corrected chi connectivity index (χ4v) is 0.730. The minimum absolute atomic E-state index is 0.306. The van der Waals surface area contributed by atoms with Gasteiger partial charge in [-0.2, -0.15) is 0 Å². The Kier molecular flexibility index (Phi) is 3.93. The van der Waals surface area contributed by atoms with Crippen LogP contribution < -0.4 is 0 Å². The van der Waals surface area contributed by atoms with Crippen LogP contribution in [0.5, 0.6) is 0 Å². The zero-order chi connectivity index (χ0) is 9.78. The minimum Gasteiger partial charge on any atom is -0.459 e. The van der Waals surface area contributed by atoms with Crippen molar-refractivity contribution in [3.05, 3.63) is 0 Å². The van der Waals surface area contributed by atoms with Gasteiger partial charge in [0.1, 0.15) is 5.60 Å². The van der Waals surface area contributed by atoms with E-state index in [-0.39, 0.29) is 11.9 Å². The Morgan fingerprint density at radius 1 is 1.58 bits per heavy atom. The summed E-state index contributed by atoms with van der Waals surface area (Å²) < 4.78 is 5.09. The van der Waals surface area contributed by atoms with E-state index in [9.17, 15) is 4.79 Å². The third-order valence-corrected chi connectivity index (χ3v) is 1.35. The van der Waals surface area contributed by atoms with Crippen molar-refractivity contribution in [2.75, 3.05) is 0 Å². The normalized spacial score (nSPS) is 13.7. The first-order chi connectivity index (χ1) is 5.40. The Hall–Kier alpha value is -0.860. The smallest absolute Gasteiger partial charge is 0.314 e. The summed E-state index contributed by atoms with van der Waals surface area (Å²) in [5, 5.41) is 6.97. The van der Waals surface area contributed by atoms with E-state index in [0.29, 0.717) is 6.42 Å². The van der Waals surface area contributed by atoms with Crippen LogP contribution in [-0.4, -0.2) is 17.8 Å². The van der Waals surface area contributed by atoms with Gasteiger partial charge in [-0.15, -0.1) is 0 Å². The van der Waals surface area contributed by atoms with E-state index >= 15 is 0 Å².